The number of nitrogen functional groups attached to an aromatic ring is 1. The van der Waals surface area contributed by atoms with E-state index in [0.717, 1.165) is 42.5 Å². The van der Waals surface area contributed by atoms with Crippen molar-refractivity contribution in [3.05, 3.63) is 18.1 Å². The van der Waals surface area contributed by atoms with Gasteiger partial charge in [0.05, 0.1) is 11.3 Å². The Kier molecular flexibility index (Phi) is 3.68. The number of rotatable bonds is 3. The number of anilines is 1. The van der Waals surface area contributed by atoms with Crippen molar-refractivity contribution >= 4 is 27.9 Å². The first-order valence-corrected chi connectivity index (χ1v) is 7.75. The van der Waals surface area contributed by atoms with Crippen LogP contribution in [-0.4, -0.2) is 47.6 Å². The van der Waals surface area contributed by atoms with Crippen LogP contribution in [0, 0.1) is 0 Å². The van der Waals surface area contributed by atoms with Crippen LogP contribution >= 0.6 is 0 Å². The van der Waals surface area contributed by atoms with Crippen molar-refractivity contribution < 1.29 is 8.76 Å². The van der Waals surface area contributed by atoms with Crippen LogP contribution in [0.4, 0.5) is 5.82 Å². The Morgan fingerprint density at radius 3 is 2.90 bits per heavy atom. The summed E-state index contributed by atoms with van der Waals surface area (Å²) in [4.78, 5) is 13.3. The Labute approximate surface area is 118 Å². The zero-order chi connectivity index (χ0) is 14.1. The lowest BCUT2D eigenvalue weighted by atomic mass is 9.90. The second-order valence-electron chi connectivity index (χ2n) is 5.05. The molecule has 1 fully saturated rings. The standard InChI is InChI=1S/C12H17N5O2S/c13-11-10-9(5-14-12(10)16-6-15-11)8-1-3-17(4-2-8)7-20(18)19/h5-6,8H,1-4,7H2,(H,18,19)(H3,13,14,15,16)/p-1. The van der Waals surface area contributed by atoms with E-state index in [9.17, 15) is 8.76 Å². The van der Waals surface area contributed by atoms with Gasteiger partial charge in [0.1, 0.15) is 17.8 Å². The van der Waals surface area contributed by atoms with E-state index in [1.807, 2.05) is 11.1 Å². The summed E-state index contributed by atoms with van der Waals surface area (Å²) in [6.07, 6.45) is 5.23. The molecule has 2 aromatic rings. The molecule has 1 atom stereocenters. The van der Waals surface area contributed by atoms with Crippen LogP contribution in [0.1, 0.15) is 24.3 Å². The minimum atomic E-state index is -2.01. The summed E-state index contributed by atoms with van der Waals surface area (Å²) < 4.78 is 21.4. The molecule has 0 saturated carbocycles. The topological polar surface area (TPSA) is 111 Å². The smallest absolute Gasteiger partial charge is 0.143 e. The van der Waals surface area contributed by atoms with E-state index in [2.05, 4.69) is 15.0 Å². The molecule has 3 heterocycles. The summed E-state index contributed by atoms with van der Waals surface area (Å²) in [7, 11) is 0. The normalized spacial score (nSPS) is 19.4. The largest absolute Gasteiger partial charge is 0.771 e. The molecule has 1 saturated heterocycles. The van der Waals surface area contributed by atoms with Gasteiger partial charge in [0, 0.05) is 6.20 Å². The van der Waals surface area contributed by atoms with Crippen LogP contribution in [0.5, 0.6) is 0 Å². The van der Waals surface area contributed by atoms with Crippen LogP contribution in [0.3, 0.4) is 0 Å². The predicted octanol–water partition coefficient (Wildman–Crippen LogP) is 0.556. The fraction of sp³-hybridized carbons (Fsp3) is 0.500. The lowest BCUT2D eigenvalue weighted by Crippen LogP contribution is -2.35. The lowest BCUT2D eigenvalue weighted by Gasteiger charge is -2.32. The van der Waals surface area contributed by atoms with Gasteiger partial charge in [-0.2, -0.15) is 0 Å². The highest BCUT2D eigenvalue weighted by Crippen LogP contribution is 2.34. The number of aromatic amines is 1. The SMILES string of the molecule is Nc1ncnc2[nH]cc(C3CCN(CS(=O)[O-])CC3)c12. The van der Waals surface area contributed by atoms with Gasteiger partial charge in [0.2, 0.25) is 0 Å². The molecule has 108 valence electrons. The van der Waals surface area contributed by atoms with Gasteiger partial charge < -0.3 is 15.3 Å². The van der Waals surface area contributed by atoms with Crippen molar-refractivity contribution in [2.75, 3.05) is 24.7 Å². The number of aromatic nitrogens is 3. The minimum Gasteiger partial charge on any atom is -0.771 e. The number of nitrogens with zero attached hydrogens (tertiary/aromatic N) is 3. The molecule has 1 unspecified atom stereocenters. The number of nitrogens with one attached hydrogen (secondary N) is 1. The zero-order valence-corrected chi connectivity index (χ0v) is 11.7. The second kappa shape index (κ2) is 5.47. The van der Waals surface area contributed by atoms with Crippen molar-refractivity contribution in [3.63, 3.8) is 0 Å². The zero-order valence-electron chi connectivity index (χ0n) is 10.9. The first-order chi connectivity index (χ1) is 9.65. The number of H-pyrrole nitrogens is 1. The van der Waals surface area contributed by atoms with Gasteiger partial charge in [-0.3, -0.25) is 9.11 Å². The lowest BCUT2D eigenvalue weighted by molar-refractivity contribution is 0.240. The number of piperidine rings is 1. The van der Waals surface area contributed by atoms with Gasteiger partial charge in [0.25, 0.3) is 0 Å². The summed E-state index contributed by atoms with van der Waals surface area (Å²) >= 11 is -2.01. The van der Waals surface area contributed by atoms with E-state index < -0.39 is 11.1 Å². The molecule has 8 heteroatoms. The number of fused-ring (bicyclic) bond motifs is 1. The molecule has 0 aliphatic carbocycles. The van der Waals surface area contributed by atoms with Gasteiger partial charge in [0.15, 0.2) is 0 Å². The fourth-order valence-corrected chi connectivity index (χ4v) is 3.41. The highest BCUT2D eigenvalue weighted by molar-refractivity contribution is 7.79. The van der Waals surface area contributed by atoms with Crippen LogP contribution in [0.15, 0.2) is 12.5 Å². The molecule has 0 radical (unpaired) electrons. The summed E-state index contributed by atoms with van der Waals surface area (Å²) in [6.45, 7) is 1.55. The molecule has 2 aromatic heterocycles. The predicted molar refractivity (Wildman–Crippen MR) is 75.6 cm³/mol. The Morgan fingerprint density at radius 1 is 1.45 bits per heavy atom. The number of nitrogens with two attached hydrogens (primary N) is 1. The molecular weight excluding hydrogens is 278 g/mol. The summed E-state index contributed by atoms with van der Waals surface area (Å²) in [6, 6.07) is 0. The molecular formula is C12H16N5O2S-. The van der Waals surface area contributed by atoms with E-state index in [1.165, 1.54) is 6.33 Å². The Hall–Kier alpha value is -1.51. The van der Waals surface area contributed by atoms with Crippen LogP contribution in [0.25, 0.3) is 11.0 Å². The molecule has 3 N–H and O–H groups in total. The highest BCUT2D eigenvalue weighted by Gasteiger charge is 2.24. The van der Waals surface area contributed by atoms with Crippen molar-refractivity contribution in [1.29, 1.82) is 0 Å². The van der Waals surface area contributed by atoms with Crippen molar-refractivity contribution in [3.8, 4) is 0 Å². The Balaban J connectivity index is 1.79. The van der Waals surface area contributed by atoms with Crippen molar-refractivity contribution in [1.82, 2.24) is 19.9 Å². The quantitative estimate of drug-likeness (QED) is 0.800. The van der Waals surface area contributed by atoms with Gasteiger partial charge >= 0.3 is 0 Å². The van der Waals surface area contributed by atoms with Gasteiger partial charge in [-0.05, 0) is 48.5 Å². The maximum atomic E-state index is 10.7. The monoisotopic (exact) mass is 294 g/mol. The maximum absolute atomic E-state index is 10.7. The molecule has 1 aliphatic rings. The first kappa shape index (κ1) is 13.5. The van der Waals surface area contributed by atoms with E-state index in [4.69, 9.17) is 5.73 Å². The van der Waals surface area contributed by atoms with Crippen LogP contribution < -0.4 is 5.73 Å². The summed E-state index contributed by atoms with van der Waals surface area (Å²) in [5, 5.41) is 0.901. The van der Waals surface area contributed by atoms with Gasteiger partial charge in [-0.25, -0.2) is 9.97 Å². The van der Waals surface area contributed by atoms with Crippen LogP contribution in [0.2, 0.25) is 0 Å². The number of hydrogen-bond acceptors (Lipinski definition) is 6. The first-order valence-electron chi connectivity index (χ1n) is 6.51. The third-order valence-corrected chi connectivity index (χ3v) is 4.42. The molecule has 7 nitrogen and oxygen atoms in total. The Morgan fingerprint density at radius 2 is 2.20 bits per heavy atom. The summed E-state index contributed by atoms with van der Waals surface area (Å²) in [5.74, 6) is 0.981. The third-order valence-electron chi connectivity index (χ3n) is 3.85. The third kappa shape index (κ3) is 2.54. The average Bonchev–Trinajstić information content (AvgIpc) is 2.84. The molecule has 3 rings (SSSR count). The fourth-order valence-electron chi connectivity index (χ4n) is 2.86. The van der Waals surface area contributed by atoms with E-state index in [1.54, 1.807) is 0 Å². The van der Waals surface area contributed by atoms with Crippen molar-refractivity contribution in [2.24, 2.45) is 0 Å². The second-order valence-corrected chi connectivity index (χ2v) is 5.92. The van der Waals surface area contributed by atoms with Gasteiger partial charge in [-0.15, -0.1) is 0 Å². The van der Waals surface area contributed by atoms with E-state index >= 15 is 0 Å². The minimum absolute atomic E-state index is 0.117. The maximum Gasteiger partial charge on any atom is 0.143 e. The molecule has 0 aromatic carbocycles. The molecule has 0 amide bonds. The number of likely N-dealkylation sites (tertiary alicyclic amines) is 1. The summed E-state index contributed by atoms with van der Waals surface area (Å²) in [5.41, 5.74) is 7.84. The molecule has 1 aliphatic heterocycles. The number of hydrogen-bond donors (Lipinski definition) is 2. The van der Waals surface area contributed by atoms with Gasteiger partial charge in [-0.1, -0.05) is 0 Å². The van der Waals surface area contributed by atoms with E-state index in [-0.39, 0.29) is 5.88 Å². The Bertz CT molecular complexity index is 636. The molecule has 0 bridgehead atoms. The van der Waals surface area contributed by atoms with E-state index in [0.29, 0.717) is 11.7 Å². The molecule has 20 heavy (non-hydrogen) atoms. The molecule has 0 spiro atoms. The average molecular weight is 294 g/mol. The van der Waals surface area contributed by atoms with Crippen LogP contribution in [-0.2, 0) is 11.1 Å². The highest BCUT2D eigenvalue weighted by atomic mass is 32.2. The van der Waals surface area contributed by atoms with Crippen molar-refractivity contribution in [2.45, 2.75) is 18.8 Å².